The lowest BCUT2D eigenvalue weighted by molar-refractivity contribution is -0.127. The summed E-state index contributed by atoms with van der Waals surface area (Å²) >= 11 is 0. The van der Waals surface area contributed by atoms with E-state index in [2.05, 4.69) is 27.6 Å². The van der Waals surface area contributed by atoms with Gasteiger partial charge in [0.15, 0.2) is 5.96 Å². The summed E-state index contributed by atoms with van der Waals surface area (Å²) in [7, 11) is 3.43. The first-order chi connectivity index (χ1) is 13.0. The zero-order valence-electron chi connectivity index (χ0n) is 16.5. The lowest BCUT2D eigenvalue weighted by atomic mass is 10.3. The Morgan fingerprint density at radius 3 is 2.57 bits per heavy atom. The highest BCUT2D eigenvalue weighted by molar-refractivity contribution is 14.0. The second-order valence-electron chi connectivity index (χ2n) is 6.31. The molecule has 2 aromatic rings. The minimum Gasteiger partial charge on any atom is -0.356 e. The molecule has 0 aliphatic rings. The Labute approximate surface area is 182 Å². The number of rotatable bonds is 8. The molecule has 0 unspecified atom stereocenters. The first-order valence-corrected chi connectivity index (χ1v) is 9.02. The molecule has 0 radical (unpaired) electrons. The van der Waals surface area contributed by atoms with Crippen LogP contribution in [0.25, 0.3) is 5.69 Å². The standard InChI is InChI=1S/C19H27FN6O.HI/c1-4-5-11-21-19(23-14-18(27)25(2)3)22-13-16-10-12-26(24-16)17-8-6-15(20)7-9-17;/h6-10,12H,4-5,11,13-14H2,1-3H3,(H2,21,22,23);1H. The number of carbonyl (C=O) groups is 1. The first kappa shape index (κ1) is 23.9. The van der Waals surface area contributed by atoms with Crippen LogP contribution in [-0.4, -0.2) is 53.7 Å². The Morgan fingerprint density at radius 2 is 1.93 bits per heavy atom. The predicted molar refractivity (Wildman–Crippen MR) is 120 cm³/mol. The summed E-state index contributed by atoms with van der Waals surface area (Å²) in [4.78, 5) is 17.8. The Morgan fingerprint density at radius 1 is 1.21 bits per heavy atom. The summed E-state index contributed by atoms with van der Waals surface area (Å²) in [5, 5.41) is 10.7. The molecule has 0 saturated carbocycles. The van der Waals surface area contributed by atoms with Crippen LogP contribution in [0.5, 0.6) is 0 Å². The normalized spacial score (nSPS) is 10.9. The zero-order valence-corrected chi connectivity index (χ0v) is 18.8. The Balaban J connectivity index is 0.00000392. The van der Waals surface area contributed by atoms with E-state index in [1.807, 2.05) is 12.3 Å². The molecule has 9 heteroatoms. The van der Waals surface area contributed by atoms with Crippen molar-refractivity contribution in [1.29, 1.82) is 0 Å². The molecular formula is C19H28FIN6O. The number of hydrogen-bond acceptors (Lipinski definition) is 3. The van der Waals surface area contributed by atoms with Gasteiger partial charge in [0.2, 0.25) is 5.91 Å². The molecule has 0 aliphatic heterocycles. The largest absolute Gasteiger partial charge is 0.356 e. The topological polar surface area (TPSA) is 74.5 Å². The lowest BCUT2D eigenvalue weighted by Crippen LogP contribution is -2.43. The second-order valence-corrected chi connectivity index (χ2v) is 6.31. The first-order valence-electron chi connectivity index (χ1n) is 9.02. The molecule has 7 nitrogen and oxygen atoms in total. The molecule has 2 rings (SSSR count). The van der Waals surface area contributed by atoms with Gasteiger partial charge in [0.1, 0.15) is 5.82 Å². The van der Waals surface area contributed by atoms with Crippen LogP contribution in [0.4, 0.5) is 4.39 Å². The summed E-state index contributed by atoms with van der Waals surface area (Å²) in [6, 6.07) is 8.00. The molecule has 1 aromatic carbocycles. The van der Waals surface area contributed by atoms with Gasteiger partial charge in [-0.15, -0.1) is 24.0 Å². The number of likely N-dealkylation sites (N-methyl/N-ethyl adjacent to an activating group) is 1. The molecule has 0 saturated heterocycles. The van der Waals surface area contributed by atoms with E-state index in [0.717, 1.165) is 30.8 Å². The average Bonchev–Trinajstić information content (AvgIpc) is 3.12. The van der Waals surface area contributed by atoms with E-state index < -0.39 is 0 Å². The maximum atomic E-state index is 13.0. The van der Waals surface area contributed by atoms with Crippen LogP contribution in [0.1, 0.15) is 25.5 Å². The molecule has 28 heavy (non-hydrogen) atoms. The van der Waals surface area contributed by atoms with Gasteiger partial charge in [-0.1, -0.05) is 13.3 Å². The number of benzene rings is 1. The van der Waals surface area contributed by atoms with E-state index in [0.29, 0.717) is 12.5 Å². The average molecular weight is 502 g/mol. The van der Waals surface area contributed by atoms with Gasteiger partial charge in [0.25, 0.3) is 0 Å². The fourth-order valence-electron chi connectivity index (χ4n) is 2.22. The van der Waals surface area contributed by atoms with Crippen LogP contribution >= 0.6 is 24.0 Å². The summed E-state index contributed by atoms with van der Waals surface area (Å²) in [6.07, 6.45) is 3.89. The number of carbonyl (C=O) groups excluding carboxylic acids is 1. The Bertz CT molecular complexity index is 760. The minimum absolute atomic E-state index is 0. The SMILES string of the molecule is CCCCNC(=NCc1ccn(-c2ccc(F)cc2)n1)NCC(=O)N(C)C.I. The molecule has 2 N–H and O–H groups in total. The van der Waals surface area contributed by atoms with Gasteiger partial charge in [0, 0.05) is 26.8 Å². The Hall–Kier alpha value is -2.17. The fraction of sp³-hybridized carbons (Fsp3) is 0.421. The van der Waals surface area contributed by atoms with Crippen molar-refractivity contribution in [3.05, 3.63) is 48.0 Å². The third kappa shape index (κ3) is 7.83. The van der Waals surface area contributed by atoms with Crippen molar-refractivity contribution in [3.63, 3.8) is 0 Å². The van der Waals surface area contributed by atoms with Crippen LogP contribution in [-0.2, 0) is 11.3 Å². The van der Waals surface area contributed by atoms with Crippen molar-refractivity contribution in [2.45, 2.75) is 26.3 Å². The van der Waals surface area contributed by atoms with E-state index in [9.17, 15) is 9.18 Å². The summed E-state index contributed by atoms with van der Waals surface area (Å²) < 4.78 is 14.7. The maximum absolute atomic E-state index is 13.0. The summed E-state index contributed by atoms with van der Waals surface area (Å²) in [5.41, 5.74) is 1.55. The number of hydrogen-bond donors (Lipinski definition) is 2. The molecular weight excluding hydrogens is 474 g/mol. The van der Waals surface area contributed by atoms with Crippen LogP contribution in [0, 0.1) is 5.82 Å². The van der Waals surface area contributed by atoms with Gasteiger partial charge in [0.05, 0.1) is 24.5 Å². The highest BCUT2D eigenvalue weighted by Gasteiger charge is 2.06. The van der Waals surface area contributed by atoms with Crippen LogP contribution in [0.3, 0.4) is 0 Å². The van der Waals surface area contributed by atoms with E-state index in [-0.39, 0.29) is 42.2 Å². The monoisotopic (exact) mass is 502 g/mol. The lowest BCUT2D eigenvalue weighted by Gasteiger charge is -2.14. The van der Waals surface area contributed by atoms with Crippen molar-refractivity contribution in [1.82, 2.24) is 25.3 Å². The van der Waals surface area contributed by atoms with E-state index in [1.165, 1.54) is 17.0 Å². The number of aromatic nitrogens is 2. The molecule has 1 aromatic heterocycles. The molecule has 0 aliphatic carbocycles. The van der Waals surface area contributed by atoms with Crippen LogP contribution in [0.15, 0.2) is 41.5 Å². The number of halogens is 2. The van der Waals surface area contributed by atoms with Gasteiger partial charge in [-0.2, -0.15) is 5.10 Å². The molecule has 0 fully saturated rings. The smallest absolute Gasteiger partial charge is 0.241 e. The van der Waals surface area contributed by atoms with Crippen molar-refractivity contribution in [2.24, 2.45) is 4.99 Å². The van der Waals surface area contributed by atoms with E-state index in [4.69, 9.17) is 0 Å². The van der Waals surface area contributed by atoms with Crippen molar-refractivity contribution in [2.75, 3.05) is 27.2 Å². The third-order valence-corrected chi connectivity index (χ3v) is 3.86. The number of amides is 1. The zero-order chi connectivity index (χ0) is 19.6. The highest BCUT2D eigenvalue weighted by Crippen LogP contribution is 2.09. The molecule has 0 spiro atoms. The molecule has 1 heterocycles. The van der Waals surface area contributed by atoms with Gasteiger partial charge in [-0.05, 0) is 36.8 Å². The fourth-order valence-corrected chi connectivity index (χ4v) is 2.22. The highest BCUT2D eigenvalue weighted by atomic mass is 127. The van der Waals surface area contributed by atoms with Gasteiger partial charge < -0.3 is 15.5 Å². The molecule has 0 atom stereocenters. The molecule has 1 amide bonds. The van der Waals surface area contributed by atoms with Crippen LogP contribution < -0.4 is 10.6 Å². The van der Waals surface area contributed by atoms with E-state index in [1.54, 1.807) is 30.9 Å². The summed E-state index contributed by atoms with van der Waals surface area (Å²) in [6.45, 7) is 3.44. The van der Waals surface area contributed by atoms with Crippen molar-refractivity contribution >= 4 is 35.8 Å². The van der Waals surface area contributed by atoms with Gasteiger partial charge in [-0.25, -0.2) is 14.1 Å². The molecule has 0 bridgehead atoms. The number of aliphatic imine (C=N–C) groups is 1. The van der Waals surface area contributed by atoms with Crippen molar-refractivity contribution < 1.29 is 9.18 Å². The van der Waals surface area contributed by atoms with Gasteiger partial charge >= 0.3 is 0 Å². The number of guanidine groups is 1. The van der Waals surface area contributed by atoms with E-state index >= 15 is 0 Å². The van der Waals surface area contributed by atoms with Gasteiger partial charge in [-0.3, -0.25) is 4.79 Å². The number of unbranched alkanes of at least 4 members (excludes halogenated alkanes) is 1. The number of nitrogens with one attached hydrogen (secondary N) is 2. The van der Waals surface area contributed by atoms with Crippen LogP contribution in [0.2, 0.25) is 0 Å². The second kappa shape index (κ2) is 12.3. The minimum atomic E-state index is -0.281. The maximum Gasteiger partial charge on any atom is 0.241 e. The third-order valence-electron chi connectivity index (χ3n) is 3.86. The molecule has 154 valence electrons. The number of nitrogens with zero attached hydrogens (tertiary/aromatic N) is 4. The predicted octanol–water partition coefficient (Wildman–Crippen LogP) is 2.55. The quantitative estimate of drug-likeness (QED) is 0.252. The van der Waals surface area contributed by atoms with Crippen molar-refractivity contribution in [3.8, 4) is 5.69 Å². The summed E-state index contributed by atoms with van der Waals surface area (Å²) in [5.74, 6) is 0.271. The Kier molecular flexibility index (Phi) is 10.5.